The number of likely N-dealkylation sites (tertiary alicyclic amines) is 1. The average Bonchev–Trinajstić information content (AvgIpc) is 2.87. The smallest absolute Gasteiger partial charge is 0.0707 e. The van der Waals surface area contributed by atoms with Crippen molar-refractivity contribution in [3.63, 3.8) is 0 Å². The van der Waals surface area contributed by atoms with Crippen LogP contribution in [0.1, 0.15) is 46.0 Å². The molecule has 2 aliphatic heterocycles. The van der Waals surface area contributed by atoms with Gasteiger partial charge in [0.1, 0.15) is 0 Å². The first-order valence-electron chi connectivity index (χ1n) is 8.52. The quantitative estimate of drug-likeness (QED) is 0.692. The molecule has 2 saturated heterocycles. The second-order valence-corrected chi connectivity index (χ2v) is 6.14. The van der Waals surface area contributed by atoms with Crippen molar-refractivity contribution >= 4 is 0 Å². The topological polar surface area (TPSA) is 33.7 Å². The maximum absolute atomic E-state index is 6.16. The normalized spacial score (nSPS) is 31.8. The molecule has 2 aliphatic rings. The van der Waals surface area contributed by atoms with Crippen LogP contribution in [0, 0.1) is 0 Å². The van der Waals surface area contributed by atoms with Crippen LogP contribution >= 0.6 is 0 Å². The molecule has 0 amide bonds. The summed E-state index contributed by atoms with van der Waals surface area (Å²) in [5.41, 5.74) is 0. The zero-order valence-corrected chi connectivity index (χ0v) is 13.3. The van der Waals surface area contributed by atoms with Crippen LogP contribution in [0.15, 0.2) is 0 Å². The Kier molecular flexibility index (Phi) is 7.28. The van der Waals surface area contributed by atoms with Gasteiger partial charge < -0.3 is 14.8 Å². The summed E-state index contributed by atoms with van der Waals surface area (Å²) in [6.45, 7) is 10.6. The maximum atomic E-state index is 6.16. The van der Waals surface area contributed by atoms with Crippen molar-refractivity contribution in [2.75, 3.05) is 39.3 Å². The highest BCUT2D eigenvalue weighted by Gasteiger charge is 2.28. The van der Waals surface area contributed by atoms with Crippen LogP contribution in [0.4, 0.5) is 0 Å². The van der Waals surface area contributed by atoms with E-state index in [4.69, 9.17) is 9.47 Å². The summed E-state index contributed by atoms with van der Waals surface area (Å²) in [5, 5.41) is 3.47. The van der Waals surface area contributed by atoms with Crippen molar-refractivity contribution in [3.05, 3.63) is 0 Å². The van der Waals surface area contributed by atoms with E-state index in [0.717, 1.165) is 32.8 Å². The Hall–Kier alpha value is -0.160. The highest BCUT2D eigenvalue weighted by Crippen LogP contribution is 2.22. The van der Waals surface area contributed by atoms with Gasteiger partial charge in [-0.1, -0.05) is 6.92 Å². The van der Waals surface area contributed by atoms with E-state index in [2.05, 4.69) is 24.1 Å². The third-order valence-electron chi connectivity index (χ3n) is 4.32. The van der Waals surface area contributed by atoms with Crippen molar-refractivity contribution in [2.45, 2.75) is 64.3 Å². The van der Waals surface area contributed by atoms with E-state index in [-0.39, 0.29) is 0 Å². The number of nitrogens with one attached hydrogen (secondary N) is 1. The van der Waals surface area contributed by atoms with E-state index in [0.29, 0.717) is 18.3 Å². The van der Waals surface area contributed by atoms with E-state index in [9.17, 15) is 0 Å². The summed E-state index contributed by atoms with van der Waals surface area (Å²) < 4.78 is 11.9. The van der Waals surface area contributed by atoms with Gasteiger partial charge in [0.2, 0.25) is 0 Å². The van der Waals surface area contributed by atoms with Gasteiger partial charge in [-0.3, -0.25) is 4.90 Å². The van der Waals surface area contributed by atoms with Crippen molar-refractivity contribution in [1.82, 2.24) is 10.2 Å². The van der Waals surface area contributed by atoms with Gasteiger partial charge in [0.25, 0.3) is 0 Å². The summed E-state index contributed by atoms with van der Waals surface area (Å²) in [7, 11) is 0. The summed E-state index contributed by atoms with van der Waals surface area (Å²) in [6.07, 6.45) is 7.42. The third-order valence-corrected chi connectivity index (χ3v) is 4.32. The summed E-state index contributed by atoms with van der Waals surface area (Å²) >= 11 is 0. The number of piperidine rings is 1. The molecule has 0 spiro atoms. The molecule has 4 nitrogen and oxygen atoms in total. The van der Waals surface area contributed by atoms with E-state index in [1.807, 2.05) is 0 Å². The fraction of sp³-hybridized carbons (Fsp3) is 1.00. The molecule has 2 fully saturated rings. The summed E-state index contributed by atoms with van der Waals surface area (Å²) in [5.74, 6) is 0. The minimum absolute atomic E-state index is 0.430. The number of nitrogens with zero attached hydrogens (tertiary/aromatic N) is 1. The molecule has 0 saturated carbocycles. The van der Waals surface area contributed by atoms with Gasteiger partial charge in [0.05, 0.1) is 18.3 Å². The molecule has 1 N–H and O–H groups in total. The van der Waals surface area contributed by atoms with Gasteiger partial charge in [-0.15, -0.1) is 0 Å². The SMILES string of the molecule is CCCNCC1CCC(CN2CCCC(OCC)C2)O1. The third kappa shape index (κ3) is 5.32. The van der Waals surface area contributed by atoms with E-state index < -0.39 is 0 Å². The Balaban J connectivity index is 1.64. The van der Waals surface area contributed by atoms with Crippen LogP contribution in [0.5, 0.6) is 0 Å². The van der Waals surface area contributed by atoms with E-state index in [1.165, 1.54) is 38.6 Å². The molecular formula is C16H32N2O2. The zero-order valence-electron chi connectivity index (χ0n) is 13.3. The number of hydrogen-bond donors (Lipinski definition) is 1. The molecule has 2 rings (SSSR count). The second kappa shape index (κ2) is 8.98. The Morgan fingerprint density at radius 3 is 2.85 bits per heavy atom. The largest absolute Gasteiger partial charge is 0.377 e. The fourth-order valence-corrected chi connectivity index (χ4v) is 3.34. The summed E-state index contributed by atoms with van der Waals surface area (Å²) in [4.78, 5) is 2.54. The van der Waals surface area contributed by atoms with Gasteiger partial charge in [-0.25, -0.2) is 0 Å². The van der Waals surface area contributed by atoms with Gasteiger partial charge in [-0.2, -0.15) is 0 Å². The maximum Gasteiger partial charge on any atom is 0.0707 e. The molecule has 0 bridgehead atoms. The van der Waals surface area contributed by atoms with Crippen molar-refractivity contribution in [1.29, 1.82) is 0 Å². The number of rotatable bonds is 8. The average molecular weight is 284 g/mol. The van der Waals surface area contributed by atoms with Crippen LogP contribution in [-0.2, 0) is 9.47 Å². The zero-order chi connectivity index (χ0) is 14.2. The predicted molar refractivity (Wildman–Crippen MR) is 82.1 cm³/mol. The van der Waals surface area contributed by atoms with Gasteiger partial charge in [0.15, 0.2) is 0 Å². The molecule has 0 aromatic rings. The fourth-order valence-electron chi connectivity index (χ4n) is 3.34. The minimum atomic E-state index is 0.430. The van der Waals surface area contributed by atoms with Crippen LogP contribution in [0.25, 0.3) is 0 Å². The van der Waals surface area contributed by atoms with Gasteiger partial charge in [-0.05, 0) is 52.1 Å². The Labute approximate surface area is 124 Å². The number of ether oxygens (including phenoxy) is 2. The van der Waals surface area contributed by atoms with Crippen LogP contribution in [-0.4, -0.2) is 62.5 Å². The first-order chi connectivity index (χ1) is 9.81. The molecule has 4 heteroatoms. The van der Waals surface area contributed by atoms with Gasteiger partial charge >= 0.3 is 0 Å². The molecule has 0 radical (unpaired) electrons. The Morgan fingerprint density at radius 1 is 1.20 bits per heavy atom. The molecule has 0 aliphatic carbocycles. The predicted octanol–water partition coefficient (Wildman–Crippen LogP) is 2.03. The van der Waals surface area contributed by atoms with Crippen molar-refractivity contribution in [3.8, 4) is 0 Å². The Bertz CT molecular complexity index is 261. The van der Waals surface area contributed by atoms with Crippen molar-refractivity contribution in [2.24, 2.45) is 0 Å². The van der Waals surface area contributed by atoms with Crippen LogP contribution < -0.4 is 5.32 Å². The second-order valence-electron chi connectivity index (χ2n) is 6.14. The lowest BCUT2D eigenvalue weighted by Crippen LogP contribution is -2.43. The molecule has 0 aromatic carbocycles. The lowest BCUT2D eigenvalue weighted by molar-refractivity contribution is -0.0212. The van der Waals surface area contributed by atoms with E-state index >= 15 is 0 Å². The summed E-state index contributed by atoms with van der Waals surface area (Å²) in [6, 6.07) is 0. The van der Waals surface area contributed by atoms with Crippen LogP contribution in [0.3, 0.4) is 0 Å². The minimum Gasteiger partial charge on any atom is -0.377 e. The van der Waals surface area contributed by atoms with Crippen LogP contribution in [0.2, 0.25) is 0 Å². The highest BCUT2D eigenvalue weighted by atomic mass is 16.5. The first-order valence-corrected chi connectivity index (χ1v) is 8.52. The molecule has 0 aromatic heterocycles. The molecule has 2 heterocycles. The molecule has 3 atom stereocenters. The molecule has 118 valence electrons. The standard InChI is InChI=1S/C16H32N2O2/c1-3-9-17-11-14-7-8-16(20-14)13-18-10-5-6-15(12-18)19-4-2/h14-17H,3-13H2,1-2H3. The number of hydrogen-bond acceptors (Lipinski definition) is 4. The first kappa shape index (κ1) is 16.2. The lowest BCUT2D eigenvalue weighted by Gasteiger charge is -2.33. The van der Waals surface area contributed by atoms with Gasteiger partial charge in [0, 0.05) is 26.2 Å². The molecule has 20 heavy (non-hydrogen) atoms. The molecule has 3 unspecified atom stereocenters. The monoisotopic (exact) mass is 284 g/mol. The Morgan fingerprint density at radius 2 is 2.05 bits per heavy atom. The van der Waals surface area contributed by atoms with Crippen molar-refractivity contribution < 1.29 is 9.47 Å². The molecular weight excluding hydrogens is 252 g/mol. The van der Waals surface area contributed by atoms with E-state index in [1.54, 1.807) is 0 Å². The highest BCUT2D eigenvalue weighted by molar-refractivity contribution is 4.81. The lowest BCUT2D eigenvalue weighted by atomic mass is 10.1.